The molecule has 0 aromatic carbocycles. The van der Waals surface area contributed by atoms with Crippen LogP contribution in [0.1, 0.15) is 24.4 Å². The summed E-state index contributed by atoms with van der Waals surface area (Å²) in [4.78, 5) is 5.22. The topological polar surface area (TPSA) is 55.6 Å². The molecule has 0 bridgehead atoms. The minimum absolute atomic E-state index is 0.464. The monoisotopic (exact) mass is 237 g/mol. The van der Waals surface area contributed by atoms with Gasteiger partial charge < -0.3 is 5.32 Å². The second-order valence-corrected chi connectivity index (χ2v) is 4.88. The maximum Gasteiger partial charge on any atom is 0.0965 e. The zero-order chi connectivity index (χ0) is 11.4. The predicted octanol–water partition coefficient (Wildman–Crippen LogP) is 1.28. The Bertz CT molecular complexity index is 420. The smallest absolute Gasteiger partial charge is 0.0965 e. The number of aromatic nitrogens is 4. The minimum atomic E-state index is 0.464. The van der Waals surface area contributed by atoms with Crippen molar-refractivity contribution in [2.45, 2.75) is 33.0 Å². The third kappa shape index (κ3) is 3.11. The summed E-state index contributed by atoms with van der Waals surface area (Å²) in [6, 6.07) is 0.464. The van der Waals surface area contributed by atoms with Gasteiger partial charge in [-0.3, -0.25) is 4.98 Å². The Morgan fingerprint density at radius 1 is 1.50 bits per heavy atom. The third-order valence-electron chi connectivity index (χ3n) is 2.08. The molecule has 0 spiro atoms. The molecule has 6 heteroatoms. The van der Waals surface area contributed by atoms with Crippen LogP contribution in [0.25, 0.3) is 0 Å². The number of thiazole rings is 1. The van der Waals surface area contributed by atoms with Gasteiger partial charge in [0.25, 0.3) is 0 Å². The summed E-state index contributed by atoms with van der Waals surface area (Å²) in [7, 11) is 0. The van der Waals surface area contributed by atoms with Crippen LogP contribution in [0.15, 0.2) is 17.9 Å². The lowest BCUT2D eigenvalue weighted by Gasteiger charge is -2.03. The van der Waals surface area contributed by atoms with Crippen molar-refractivity contribution in [2.24, 2.45) is 0 Å². The lowest BCUT2D eigenvalue weighted by molar-refractivity contribution is 0.580. The SMILES string of the molecule is CC(C)NCc1cn(Cc2cncs2)nn1. The molecular formula is C10H15N5S. The molecule has 2 aromatic heterocycles. The number of nitrogens with one attached hydrogen (secondary N) is 1. The molecule has 2 rings (SSSR count). The van der Waals surface area contributed by atoms with Crippen LogP contribution < -0.4 is 5.32 Å². The second kappa shape index (κ2) is 5.18. The summed E-state index contributed by atoms with van der Waals surface area (Å²) in [5.74, 6) is 0. The largest absolute Gasteiger partial charge is 0.309 e. The van der Waals surface area contributed by atoms with E-state index in [1.807, 2.05) is 22.6 Å². The molecule has 0 radical (unpaired) electrons. The summed E-state index contributed by atoms with van der Waals surface area (Å²) < 4.78 is 1.84. The van der Waals surface area contributed by atoms with Crippen LogP contribution in [0.3, 0.4) is 0 Å². The van der Waals surface area contributed by atoms with Gasteiger partial charge in [-0.05, 0) is 0 Å². The van der Waals surface area contributed by atoms with Crippen molar-refractivity contribution in [3.63, 3.8) is 0 Å². The molecule has 1 N–H and O–H groups in total. The Morgan fingerprint density at radius 3 is 3.06 bits per heavy atom. The van der Waals surface area contributed by atoms with E-state index in [0.29, 0.717) is 6.04 Å². The van der Waals surface area contributed by atoms with Crippen LogP contribution in [0.4, 0.5) is 0 Å². The molecule has 5 nitrogen and oxygen atoms in total. The first-order valence-electron chi connectivity index (χ1n) is 5.24. The highest BCUT2D eigenvalue weighted by Crippen LogP contribution is 2.07. The van der Waals surface area contributed by atoms with Crippen molar-refractivity contribution < 1.29 is 0 Å². The molecule has 0 saturated carbocycles. The van der Waals surface area contributed by atoms with Gasteiger partial charge >= 0.3 is 0 Å². The summed E-state index contributed by atoms with van der Waals surface area (Å²) in [5.41, 5.74) is 2.80. The van der Waals surface area contributed by atoms with E-state index in [0.717, 1.165) is 18.8 Å². The van der Waals surface area contributed by atoms with E-state index in [2.05, 4.69) is 34.5 Å². The van der Waals surface area contributed by atoms with Crippen molar-refractivity contribution >= 4 is 11.3 Å². The van der Waals surface area contributed by atoms with E-state index in [4.69, 9.17) is 0 Å². The van der Waals surface area contributed by atoms with Gasteiger partial charge in [0.15, 0.2) is 0 Å². The standard InChI is InChI=1S/C10H15N5S/c1-8(2)12-3-9-5-15(14-13-9)6-10-4-11-7-16-10/h4-5,7-8,12H,3,6H2,1-2H3. The molecule has 0 atom stereocenters. The Kier molecular flexibility index (Phi) is 3.63. The molecule has 0 saturated heterocycles. The Labute approximate surface area is 98.5 Å². The van der Waals surface area contributed by atoms with Gasteiger partial charge in [0, 0.05) is 23.7 Å². The molecule has 2 aromatic rings. The lowest BCUT2D eigenvalue weighted by Crippen LogP contribution is -2.21. The molecular weight excluding hydrogens is 222 g/mol. The maximum atomic E-state index is 4.10. The highest BCUT2D eigenvalue weighted by atomic mass is 32.1. The van der Waals surface area contributed by atoms with Crippen molar-refractivity contribution in [3.8, 4) is 0 Å². The number of rotatable bonds is 5. The van der Waals surface area contributed by atoms with E-state index < -0.39 is 0 Å². The number of hydrogen-bond donors (Lipinski definition) is 1. The second-order valence-electron chi connectivity index (χ2n) is 3.91. The molecule has 0 unspecified atom stereocenters. The highest BCUT2D eigenvalue weighted by Gasteiger charge is 2.03. The van der Waals surface area contributed by atoms with Gasteiger partial charge in [-0.1, -0.05) is 19.1 Å². The van der Waals surface area contributed by atoms with E-state index in [1.54, 1.807) is 11.3 Å². The number of nitrogens with zero attached hydrogens (tertiary/aromatic N) is 4. The molecule has 86 valence electrons. The summed E-state index contributed by atoms with van der Waals surface area (Å²) in [5, 5.41) is 11.5. The van der Waals surface area contributed by atoms with Gasteiger partial charge in [-0.25, -0.2) is 4.68 Å². The fourth-order valence-electron chi connectivity index (χ4n) is 1.29. The summed E-state index contributed by atoms with van der Waals surface area (Å²) in [6.07, 6.45) is 3.83. The highest BCUT2D eigenvalue weighted by molar-refractivity contribution is 7.09. The molecule has 0 aliphatic heterocycles. The minimum Gasteiger partial charge on any atom is -0.309 e. The number of hydrogen-bond acceptors (Lipinski definition) is 5. The van der Waals surface area contributed by atoms with Crippen LogP contribution in [0.2, 0.25) is 0 Å². The van der Waals surface area contributed by atoms with Crippen LogP contribution >= 0.6 is 11.3 Å². The van der Waals surface area contributed by atoms with Crippen molar-refractivity contribution in [3.05, 3.63) is 28.5 Å². The van der Waals surface area contributed by atoms with Crippen molar-refractivity contribution in [1.29, 1.82) is 0 Å². The van der Waals surface area contributed by atoms with E-state index in [-0.39, 0.29) is 0 Å². The molecule has 16 heavy (non-hydrogen) atoms. The molecule has 0 aliphatic carbocycles. The maximum absolute atomic E-state index is 4.10. The molecule has 0 aliphatic rings. The van der Waals surface area contributed by atoms with Crippen LogP contribution in [-0.2, 0) is 13.1 Å². The average Bonchev–Trinajstić information content (AvgIpc) is 2.87. The summed E-state index contributed by atoms with van der Waals surface area (Å²) in [6.45, 7) is 5.74. The van der Waals surface area contributed by atoms with Gasteiger partial charge in [0.05, 0.1) is 23.9 Å². The molecule has 0 amide bonds. The molecule has 0 fully saturated rings. The third-order valence-corrected chi connectivity index (χ3v) is 2.84. The first-order chi connectivity index (χ1) is 7.74. The first-order valence-corrected chi connectivity index (χ1v) is 6.12. The average molecular weight is 237 g/mol. The van der Waals surface area contributed by atoms with Crippen LogP contribution in [-0.4, -0.2) is 26.0 Å². The van der Waals surface area contributed by atoms with Gasteiger partial charge in [0.2, 0.25) is 0 Å². The van der Waals surface area contributed by atoms with E-state index >= 15 is 0 Å². The van der Waals surface area contributed by atoms with Crippen molar-refractivity contribution in [1.82, 2.24) is 25.3 Å². The van der Waals surface area contributed by atoms with Crippen LogP contribution in [0.5, 0.6) is 0 Å². The lowest BCUT2D eigenvalue weighted by atomic mass is 10.3. The Hall–Kier alpha value is -1.27. The predicted molar refractivity (Wildman–Crippen MR) is 63.2 cm³/mol. The normalized spacial score (nSPS) is 11.2. The van der Waals surface area contributed by atoms with Crippen molar-refractivity contribution in [2.75, 3.05) is 0 Å². The van der Waals surface area contributed by atoms with E-state index in [9.17, 15) is 0 Å². The van der Waals surface area contributed by atoms with Gasteiger partial charge in [-0.2, -0.15) is 0 Å². The Morgan fingerprint density at radius 2 is 2.38 bits per heavy atom. The van der Waals surface area contributed by atoms with Crippen LogP contribution in [0, 0.1) is 0 Å². The fraction of sp³-hybridized carbons (Fsp3) is 0.500. The Balaban J connectivity index is 1.92. The fourth-order valence-corrected chi connectivity index (χ4v) is 1.87. The first kappa shape index (κ1) is 11.2. The zero-order valence-electron chi connectivity index (χ0n) is 9.42. The van der Waals surface area contributed by atoms with E-state index in [1.165, 1.54) is 4.88 Å². The molecule has 2 heterocycles. The summed E-state index contributed by atoms with van der Waals surface area (Å²) >= 11 is 1.63. The van der Waals surface area contributed by atoms with Gasteiger partial charge in [0.1, 0.15) is 0 Å². The zero-order valence-corrected chi connectivity index (χ0v) is 10.2. The van der Waals surface area contributed by atoms with Gasteiger partial charge in [-0.15, -0.1) is 16.4 Å². The quantitative estimate of drug-likeness (QED) is 0.851.